The molecule has 4 nitrogen and oxygen atoms in total. The average molecular weight is 403 g/mol. The van der Waals surface area contributed by atoms with Gasteiger partial charge in [-0.2, -0.15) is 0 Å². The number of carbonyl (C=O) groups is 1. The van der Waals surface area contributed by atoms with Crippen LogP contribution in [0.4, 0.5) is 0 Å². The Balaban J connectivity index is 2.37. The molecule has 0 unspecified atom stereocenters. The molecule has 0 fully saturated rings. The van der Waals surface area contributed by atoms with Crippen molar-refractivity contribution >= 4 is 36.4 Å². The van der Waals surface area contributed by atoms with Crippen molar-refractivity contribution in [3.05, 3.63) is 38.4 Å². The van der Waals surface area contributed by atoms with E-state index in [1.807, 2.05) is 25.1 Å². The van der Waals surface area contributed by atoms with Gasteiger partial charge in [0.05, 0.1) is 0 Å². The number of halogens is 1. The summed E-state index contributed by atoms with van der Waals surface area (Å²) < 4.78 is 7.47. The number of aliphatic hydroxyl groups excluding tert-OH is 1. The molecule has 20 heavy (non-hydrogen) atoms. The van der Waals surface area contributed by atoms with Crippen LogP contribution in [-0.4, -0.2) is 37.2 Å². The molecular weight excluding hydrogens is 389 g/mol. The summed E-state index contributed by atoms with van der Waals surface area (Å²) >= 11 is 3.28. The minimum absolute atomic E-state index is 0.0101. The Bertz CT molecular complexity index is 639. The fourth-order valence-corrected chi connectivity index (χ4v) is 4.23. The van der Waals surface area contributed by atoms with E-state index in [-0.39, 0.29) is 27.1 Å². The number of hydrogen-bond acceptors (Lipinski definition) is 4. The Hall–Kier alpha value is -0.941. The van der Waals surface area contributed by atoms with Crippen molar-refractivity contribution in [1.29, 1.82) is 0 Å². The van der Waals surface area contributed by atoms with Gasteiger partial charge < -0.3 is 0 Å². The van der Waals surface area contributed by atoms with E-state index >= 15 is 0 Å². The molecule has 0 spiro atoms. The van der Waals surface area contributed by atoms with E-state index in [1.165, 1.54) is 0 Å². The molecule has 1 heterocycles. The molecule has 0 amide bonds. The maximum absolute atomic E-state index is 11.8. The molecule has 0 aliphatic heterocycles. The molecule has 0 radical (unpaired) electrons. The predicted octanol–water partition coefficient (Wildman–Crippen LogP) is 2.55. The number of rotatable bonds is 4. The second-order valence-electron chi connectivity index (χ2n) is 4.12. The third kappa shape index (κ3) is 3.20. The Kier molecular flexibility index (Phi) is 5.16. The van der Waals surface area contributed by atoms with Crippen LogP contribution in [0.15, 0.2) is 22.7 Å². The van der Waals surface area contributed by atoms with Crippen molar-refractivity contribution in [1.82, 2.24) is 4.98 Å². The second kappa shape index (κ2) is 6.68. The standard InChI is InChI=1S/C14H14BrNO3Se/c1-3-19-14(18)12-8(2)16-13(20-12)9-4-5-10(7-17)11(15)6-9/h4-6,17H,3,7H2,1-2H3. The fraction of sp³-hybridized carbons (Fsp3) is 0.286. The summed E-state index contributed by atoms with van der Waals surface area (Å²) in [7, 11) is 0. The Morgan fingerprint density at radius 3 is 2.85 bits per heavy atom. The summed E-state index contributed by atoms with van der Waals surface area (Å²) in [4.78, 5) is 16.3. The zero-order valence-electron chi connectivity index (χ0n) is 11.1. The molecule has 2 rings (SSSR count). The molecule has 0 atom stereocenters. The molecule has 1 aromatic carbocycles. The molecule has 0 aliphatic rings. The Morgan fingerprint density at radius 1 is 1.50 bits per heavy atom. The molecule has 0 saturated heterocycles. The van der Waals surface area contributed by atoms with Gasteiger partial charge in [-0.1, -0.05) is 0 Å². The van der Waals surface area contributed by atoms with Crippen LogP contribution in [0.5, 0.6) is 0 Å². The van der Waals surface area contributed by atoms with Crippen LogP contribution in [0.1, 0.15) is 27.4 Å². The van der Waals surface area contributed by atoms with E-state index in [9.17, 15) is 4.79 Å². The van der Waals surface area contributed by atoms with Crippen LogP contribution in [0.25, 0.3) is 10.1 Å². The fourth-order valence-electron chi connectivity index (χ4n) is 1.71. The number of aromatic nitrogens is 1. The summed E-state index contributed by atoms with van der Waals surface area (Å²) in [5.41, 5.74) is 2.53. The first-order chi connectivity index (χ1) is 9.56. The van der Waals surface area contributed by atoms with Crippen molar-refractivity contribution in [3.63, 3.8) is 0 Å². The van der Waals surface area contributed by atoms with E-state index in [0.717, 1.165) is 25.9 Å². The van der Waals surface area contributed by atoms with Crippen LogP contribution in [0.3, 0.4) is 0 Å². The first kappa shape index (κ1) is 15.4. The molecule has 0 aliphatic carbocycles. The first-order valence-electron chi connectivity index (χ1n) is 6.11. The first-order valence-corrected chi connectivity index (χ1v) is 8.61. The molecule has 1 aromatic heterocycles. The van der Waals surface area contributed by atoms with Gasteiger partial charge in [-0.05, 0) is 0 Å². The molecule has 1 N–H and O–H groups in total. The second-order valence-corrected chi connectivity index (χ2v) is 7.07. The van der Waals surface area contributed by atoms with Crippen LogP contribution < -0.4 is 0 Å². The van der Waals surface area contributed by atoms with E-state index < -0.39 is 0 Å². The molecule has 2 aromatic rings. The van der Waals surface area contributed by atoms with Gasteiger partial charge in [-0.15, -0.1) is 0 Å². The number of esters is 1. The third-order valence-corrected chi connectivity index (χ3v) is 5.96. The molecule has 6 heteroatoms. The van der Waals surface area contributed by atoms with Crippen LogP contribution in [0.2, 0.25) is 0 Å². The van der Waals surface area contributed by atoms with E-state index in [1.54, 1.807) is 6.92 Å². The van der Waals surface area contributed by atoms with Gasteiger partial charge in [0.25, 0.3) is 0 Å². The molecule has 0 bridgehead atoms. The Labute approximate surface area is 131 Å². The van der Waals surface area contributed by atoms with Crippen molar-refractivity contribution < 1.29 is 14.6 Å². The van der Waals surface area contributed by atoms with Gasteiger partial charge in [0, 0.05) is 0 Å². The molecule has 106 valence electrons. The van der Waals surface area contributed by atoms with Crippen molar-refractivity contribution in [3.8, 4) is 10.1 Å². The monoisotopic (exact) mass is 403 g/mol. The number of aryl methyl sites for hydroxylation is 1. The van der Waals surface area contributed by atoms with Gasteiger partial charge in [0.1, 0.15) is 0 Å². The molecule has 0 saturated carbocycles. The number of aliphatic hydroxyl groups is 1. The maximum atomic E-state index is 11.8. The van der Waals surface area contributed by atoms with Crippen molar-refractivity contribution in [2.45, 2.75) is 20.5 Å². The summed E-state index contributed by atoms with van der Waals surface area (Å²) in [6.07, 6.45) is 0. The van der Waals surface area contributed by atoms with Gasteiger partial charge in [0.2, 0.25) is 0 Å². The van der Waals surface area contributed by atoms with Crippen molar-refractivity contribution in [2.75, 3.05) is 6.61 Å². The van der Waals surface area contributed by atoms with Gasteiger partial charge in [0.15, 0.2) is 0 Å². The SMILES string of the molecule is CCOC(=O)c1[se]c(-c2ccc(CO)c(Br)c2)nc1C. The summed E-state index contributed by atoms with van der Waals surface area (Å²) in [6.45, 7) is 3.99. The zero-order chi connectivity index (χ0) is 14.7. The van der Waals surface area contributed by atoms with Gasteiger partial charge in [-0.3, -0.25) is 0 Å². The van der Waals surface area contributed by atoms with E-state index in [4.69, 9.17) is 9.84 Å². The van der Waals surface area contributed by atoms with Crippen LogP contribution in [-0.2, 0) is 11.3 Å². The normalized spacial score (nSPS) is 10.6. The summed E-state index contributed by atoms with van der Waals surface area (Å²) in [5, 5.41) is 9.16. The summed E-state index contributed by atoms with van der Waals surface area (Å²) in [5.74, 6) is -0.269. The summed E-state index contributed by atoms with van der Waals surface area (Å²) in [6, 6.07) is 5.70. The van der Waals surface area contributed by atoms with E-state index in [2.05, 4.69) is 20.9 Å². The number of carbonyl (C=O) groups excluding carboxylic acids is 1. The Morgan fingerprint density at radius 2 is 2.25 bits per heavy atom. The number of hydrogen-bond donors (Lipinski definition) is 1. The average Bonchev–Trinajstić information content (AvgIpc) is 2.81. The van der Waals surface area contributed by atoms with Gasteiger partial charge in [-0.25, -0.2) is 0 Å². The van der Waals surface area contributed by atoms with E-state index in [0.29, 0.717) is 11.0 Å². The van der Waals surface area contributed by atoms with Crippen LogP contribution >= 0.6 is 15.9 Å². The minimum atomic E-state index is -0.269. The van der Waals surface area contributed by atoms with Crippen LogP contribution in [0, 0.1) is 6.92 Å². The number of benzene rings is 1. The van der Waals surface area contributed by atoms with Gasteiger partial charge >= 0.3 is 132 Å². The molecular formula is C14H14BrNO3Se. The number of ether oxygens (including phenoxy) is 1. The topological polar surface area (TPSA) is 59.4 Å². The zero-order valence-corrected chi connectivity index (χ0v) is 14.4. The quantitative estimate of drug-likeness (QED) is 0.630. The van der Waals surface area contributed by atoms with Crippen molar-refractivity contribution in [2.24, 2.45) is 0 Å². The third-order valence-electron chi connectivity index (χ3n) is 2.73. The predicted molar refractivity (Wildman–Crippen MR) is 80.9 cm³/mol. The number of nitrogens with zero attached hydrogens (tertiary/aromatic N) is 1.